The van der Waals surface area contributed by atoms with Gasteiger partial charge in [0.05, 0.1) is 6.61 Å². The smallest absolute Gasteiger partial charge is 0.226 e. The van der Waals surface area contributed by atoms with Crippen LogP contribution in [0.4, 0.5) is 0 Å². The van der Waals surface area contributed by atoms with Gasteiger partial charge in [-0.15, -0.1) is 0 Å². The van der Waals surface area contributed by atoms with Gasteiger partial charge in [-0.1, -0.05) is 24.9 Å². The molecule has 0 radical (unpaired) electrons. The first-order valence-electron chi connectivity index (χ1n) is 5.90. The third kappa shape index (κ3) is 2.80. The van der Waals surface area contributed by atoms with Gasteiger partial charge < -0.3 is 15.0 Å². The van der Waals surface area contributed by atoms with Crippen molar-refractivity contribution in [3.05, 3.63) is 11.7 Å². The molecule has 1 aromatic rings. The molecule has 1 aliphatic rings. The third-order valence-corrected chi connectivity index (χ3v) is 3.03. The molecule has 2 N–H and O–H groups in total. The highest BCUT2D eigenvalue weighted by Crippen LogP contribution is 2.27. The minimum Gasteiger partial charge on any atom is -0.371 e. The van der Waals surface area contributed by atoms with Crippen LogP contribution in [0, 0.1) is 0 Å². The summed E-state index contributed by atoms with van der Waals surface area (Å²) in [5.41, 5.74) is 6.04. The third-order valence-electron chi connectivity index (χ3n) is 3.03. The van der Waals surface area contributed by atoms with Crippen LogP contribution in [0.15, 0.2) is 4.52 Å². The molecule has 0 atom stereocenters. The number of aromatic nitrogens is 2. The highest BCUT2D eigenvalue weighted by molar-refractivity contribution is 4.89. The molecule has 5 nitrogen and oxygen atoms in total. The summed E-state index contributed by atoms with van der Waals surface area (Å²) in [6.45, 7) is 2.96. The Balaban J connectivity index is 1.75. The van der Waals surface area contributed by atoms with Gasteiger partial charge in [-0.2, -0.15) is 4.98 Å². The van der Waals surface area contributed by atoms with Crippen molar-refractivity contribution >= 4 is 0 Å². The molecule has 0 spiro atoms. The largest absolute Gasteiger partial charge is 0.371 e. The molecular formula is C11H19N3O2. The summed E-state index contributed by atoms with van der Waals surface area (Å²) in [4.78, 5) is 4.17. The monoisotopic (exact) mass is 225 g/mol. The number of nitrogens with zero attached hydrogens (tertiary/aromatic N) is 2. The standard InChI is InChI=1S/C11H19N3O2/c1-2-10-13-9(14-16-10)7-15-8-11(12)5-3-4-6-11/h2-8,12H2,1H3. The first kappa shape index (κ1) is 11.5. The molecule has 0 aromatic carbocycles. The normalized spacial score (nSPS) is 19.1. The van der Waals surface area contributed by atoms with Gasteiger partial charge in [0.2, 0.25) is 5.89 Å². The lowest BCUT2D eigenvalue weighted by molar-refractivity contribution is 0.0698. The van der Waals surface area contributed by atoms with Crippen LogP contribution in [0.3, 0.4) is 0 Å². The lowest BCUT2D eigenvalue weighted by Gasteiger charge is -2.22. The number of hydrogen-bond donors (Lipinski definition) is 1. The molecule has 1 aromatic heterocycles. The number of ether oxygens (including phenoxy) is 1. The predicted octanol–water partition coefficient (Wildman–Crippen LogP) is 1.42. The summed E-state index contributed by atoms with van der Waals surface area (Å²) in [7, 11) is 0. The van der Waals surface area contributed by atoms with Crippen LogP contribution in [0.5, 0.6) is 0 Å². The Kier molecular flexibility index (Phi) is 3.56. The van der Waals surface area contributed by atoms with Crippen molar-refractivity contribution in [2.45, 2.75) is 51.2 Å². The van der Waals surface area contributed by atoms with Gasteiger partial charge in [0.25, 0.3) is 0 Å². The highest BCUT2D eigenvalue weighted by Gasteiger charge is 2.29. The molecule has 0 unspecified atom stereocenters. The second-order valence-corrected chi connectivity index (χ2v) is 4.52. The van der Waals surface area contributed by atoms with Gasteiger partial charge in [0, 0.05) is 12.0 Å². The zero-order valence-electron chi connectivity index (χ0n) is 9.74. The van der Waals surface area contributed by atoms with Crippen molar-refractivity contribution in [2.75, 3.05) is 6.61 Å². The van der Waals surface area contributed by atoms with Crippen LogP contribution in [0.1, 0.15) is 44.3 Å². The first-order valence-corrected chi connectivity index (χ1v) is 5.90. The molecule has 0 bridgehead atoms. The molecule has 1 aliphatic carbocycles. The number of rotatable bonds is 5. The van der Waals surface area contributed by atoms with E-state index in [1.54, 1.807) is 0 Å². The number of hydrogen-bond acceptors (Lipinski definition) is 5. The van der Waals surface area contributed by atoms with E-state index in [0.717, 1.165) is 19.3 Å². The SMILES string of the molecule is CCc1nc(COCC2(N)CCCC2)no1. The molecule has 2 rings (SSSR count). The van der Waals surface area contributed by atoms with Gasteiger partial charge in [0.15, 0.2) is 5.82 Å². The molecular weight excluding hydrogens is 206 g/mol. The number of aryl methyl sites for hydroxylation is 1. The van der Waals surface area contributed by atoms with Gasteiger partial charge >= 0.3 is 0 Å². The predicted molar refractivity (Wildman–Crippen MR) is 58.7 cm³/mol. The van der Waals surface area contributed by atoms with E-state index >= 15 is 0 Å². The Hall–Kier alpha value is -0.940. The molecule has 1 fully saturated rings. The Morgan fingerprint density at radius 2 is 2.19 bits per heavy atom. The van der Waals surface area contributed by atoms with E-state index < -0.39 is 0 Å². The van der Waals surface area contributed by atoms with Crippen molar-refractivity contribution in [2.24, 2.45) is 5.73 Å². The summed E-state index contributed by atoms with van der Waals surface area (Å²) in [6, 6.07) is 0. The van der Waals surface area contributed by atoms with E-state index in [0.29, 0.717) is 24.9 Å². The van der Waals surface area contributed by atoms with E-state index in [2.05, 4.69) is 10.1 Å². The molecule has 16 heavy (non-hydrogen) atoms. The topological polar surface area (TPSA) is 74.2 Å². The second kappa shape index (κ2) is 4.93. The van der Waals surface area contributed by atoms with Crippen molar-refractivity contribution in [1.82, 2.24) is 10.1 Å². The van der Waals surface area contributed by atoms with Gasteiger partial charge in [0.1, 0.15) is 6.61 Å². The number of nitrogens with two attached hydrogens (primary N) is 1. The van der Waals surface area contributed by atoms with Crippen LogP contribution in [-0.2, 0) is 17.8 Å². The minimum absolute atomic E-state index is 0.128. The zero-order valence-corrected chi connectivity index (χ0v) is 9.74. The van der Waals surface area contributed by atoms with Crippen molar-refractivity contribution < 1.29 is 9.26 Å². The van der Waals surface area contributed by atoms with E-state index in [4.69, 9.17) is 15.0 Å². The van der Waals surface area contributed by atoms with Gasteiger partial charge in [-0.05, 0) is 12.8 Å². The molecule has 0 saturated heterocycles. The Labute approximate surface area is 95.3 Å². The summed E-state index contributed by atoms with van der Waals surface area (Å²) >= 11 is 0. The van der Waals surface area contributed by atoms with Crippen LogP contribution in [0.25, 0.3) is 0 Å². The molecule has 5 heteroatoms. The van der Waals surface area contributed by atoms with Crippen LogP contribution >= 0.6 is 0 Å². The highest BCUT2D eigenvalue weighted by atomic mass is 16.5. The molecule has 1 saturated carbocycles. The van der Waals surface area contributed by atoms with Gasteiger partial charge in [-0.25, -0.2) is 0 Å². The van der Waals surface area contributed by atoms with E-state index in [1.807, 2.05) is 6.92 Å². The van der Waals surface area contributed by atoms with Crippen LogP contribution in [-0.4, -0.2) is 22.3 Å². The summed E-state index contributed by atoms with van der Waals surface area (Å²) < 4.78 is 10.5. The maximum Gasteiger partial charge on any atom is 0.226 e. The average Bonchev–Trinajstić information content (AvgIpc) is 2.88. The molecule has 90 valence electrons. The molecule has 0 aliphatic heterocycles. The minimum atomic E-state index is -0.128. The van der Waals surface area contributed by atoms with Crippen molar-refractivity contribution in [1.29, 1.82) is 0 Å². The maximum atomic E-state index is 6.17. The Morgan fingerprint density at radius 1 is 1.44 bits per heavy atom. The molecule has 1 heterocycles. The Morgan fingerprint density at radius 3 is 2.81 bits per heavy atom. The fraction of sp³-hybridized carbons (Fsp3) is 0.818. The zero-order chi connectivity index (χ0) is 11.4. The van der Waals surface area contributed by atoms with E-state index in [-0.39, 0.29) is 5.54 Å². The van der Waals surface area contributed by atoms with E-state index in [1.165, 1.54) is 12.8 Å². The summed E-state index contributed by atoms with van der Waals surface area (Å²) in [5.74, 6) is 1.26. The van der Waals surface area contributed by atoms with Crippen LogP contribution < -0.4 is 5.73 Å². The quantitative estimate of drug-likeness (QED) is 0.820. The Bertz CT molecular complexity index is 332. The fourth-order valence-electron chi connectivity index (χ4n) is 2.06. The second-order valence-electron chi connectivity index (χ2n) is 4.52. The lowest BCUT2D eigenvalue weighted by Crippen LogP contribution is -2.41. The molecule has 0 amide bonds. The fourth-order valence-corrected chi connectivity index (χ4v) is 2.06. The van der Waals surface area contributed by atoms with Crippen molar-refractivity contribution in [3.63, 3.8) is 0 Å². The van der Waals surface area contributed by atoms with Gasteiger partial charge in [-0.3, -0.25) is 0 Å². The summed E-state index contributed by atoms with van der Waals surface area (Å²) in [5, 5.41) is 3.82. The summed E-state index contributed by atoms with van der Waals surface area (Å²) in [6.07, 6.45) is 5.29. The maximum absolute atomic E-state index is 6.17. The lowest BCUT2D eigenvalue weighted by atomic mass is 10.0. The average molecular weight is 225 g/mol. The first-order chi connectivity index (χ1) is 7.72. The van der Waals surface area contributed by atoms with E-state index in [9.17, 15) is 0 Å². The van der Waals surface area contributed by atoms with Crippen molar-refractivity contribution in [3.8, 4) is 0 Å². The van der Waals surface area contributed by atoms with Crippen LogP contribution in [0.2, 0.25) is 0 Å².